The molecule has 0 saturated carbocycles. The van der Waals surface area contributed by atoms with Gasteiger partial charge < -0.3 is 9.64 Å². The van der Waals surface area contributed by atoms with Gasteiger partial charge in [-0.15, -0.1) is 0 Å². The fourth-order valence-corrected chi connectivity index (χ4v) is 3.34. The smallest absolute Gasteiger partial charge is 0.169 e. The number of unbranched alkanes of at least 4 members (excludes halogenated alkanes) is 1. The van der Waals surface area contributed by atoms with Crippen LogP contribution >= 0.6 is 0 Å². The second-order valence-electron chi connectivity index (χ2n) is 6.28. The SMILES string of the molecule is CCCCN1C=C2CC(=O)C(OC)C=C2C(c2ccccc2)=C1C#N. The Labute approximate surface area is 148 Å². The minimum absolute atomic E-state index is 0.0563. The van der Waals surface area contributed by atoms with Gasteiger partial charge in [0.05, 0.1) is 0 Å². The van der Waals surface area contributed by atoms with Crippen molar-refractivity contribution in [1.29, 1.82) is 5.26 Å². The van der Waals surface area contributed by atoms with Gasteiger partial charge in [0.15, 0.2) is 5.78 Å². The van der Waals surface area contributed by atoms with Crippen molar-refractivity contribution in [2.24, 2.45) is 0 Å². The Hall–Kier alpha value is -2.64. The lowest BCUT2D eigenvalue weighted by atomic mass is 9.81. The summed E-state index contributed by atoms with van der Waals surface area (Å²) in [6.45, 7) is 2.90. The molecule has 1 aromatic rings. The third kappa shape index (κ3) is 3.29. The van der Waals surface area contributed by atoms with Gasteiger partial charge in [0.25, 0.3) is 0 Å². The summed E-state index contributed by atoms with van der Waals surface area (Å²) in [4.78, 5) is 14.3. The highest BCUT2D eigenvalue weighted by atomic mass is 16.5. The summed E-state index contributed by atoms with van der Waals surface area (Å²) in [6.07, 6.45) is 5.65. The van der Waals surface area contributed by atoms with Crippen molar-refractivity contribution in [3.8, 4) is 6.07 Å². The van der Waals surface area contributed by atoms with Crippen LogP contribution in [0, 0.1) is 11.3 Å². The van der Waals surface area contributed by atoms with Crippen LogP contribution in [0.2, 0.25) is 0 Å². The fraction of sp³-hybridized carbons (Fsp3) is 0.333. The van der Waals surface area contributed by atoms with Crippen molar-refractivity contribution in [2.75, 3.05) is 13.7 Å². The zero-order chi connectivity index (χ0) is 17.8. The van der Waals surface area contributed by atoms with Crippen molar-refractivity contribution in [1.82, 2.24) is 4.90 Å². The van der Waals surface area contributed by atoms with Crippen LogP contribution in [0.3, 0.4) is 0 Å². The van der Waals surface area contributed by atoms with Gasteiger partial charge in [-0.3, -0.25) is 4.79 Å². The van der Waals surface area contributed by atoms with Crippen LogP contribution in [0.1, 0.15) is 31.7 Å². The molecule has 0 N–H and O–H groups in total. The third-order valence-corrected chi connectivity index (χ3v) is 4.63. The van der Waals surface area contributed by atoms with E-state index >= 15 is 0 Å². The van der Waals surface area contributed by atoms with Crippen LogP contribution in [0.5, 0.6) is 0 Å². The molecule has 0 saturated heterocycles. The first-order valence-corrected chi connectivity index (χ1v) is 8.64. The van der Waals surface area contributed by atoms with E-state index in [1.807, 2.05) is 47.5 Å². The van der Waals surface area contributed by atoms with E-state index < -0.39 is 6.10 Å². The molecular formula is C21H22N2O2. The van der Waals surface area contributed by atoms with E-state index in [1.54, 1.807) is 7.11 Å². The Morgan fingerprint density at radius 2 is 2.08 bits per heavy atom. The normalized spacial score (nSPS) is 20.0. The molecule has 3 rings (SSSR count). The number of carbonyl (C=O) groups excluding carboxylic acids is 1. The predicted molar refractivity (Wildman–Crippen MR) is 97.2 cm³/mol. The van der Waals surface area contributed by atoms with Gasteiger partial charge in [-0.25, -0.2) is 0 Å². The van der Waals surface area contributed by atoms with Crippen LogP contribution in [0.4, 0.5) is 0 Å². The Balaban J connectivity index is 2.17. The number of hydrogen-bond acceptors (Lipinski definition) is 4. The van der Waals surface area contributed by atoms with Crippen LogP contribution < -0.4 is 0 Å². The van der Waals surface area contributed by atoms with Crippen molar-refractivity contribution in [2.45, 2.75) is 32.3 Å². The summed E-state index contributed by atoms with van der Waals surface area (Å²) in [5, 5.41) is 9.85. The van der Waals surface area contributed by atoms with Gasteiger partial charge >= 0.3 is 0 Å². The second kappa shape index (κ2) is 7.50. The quantitative estimate of drug-likeness (QED) is 0.821. The highest BCUT2D eigenvalue weighted by Crippen LogP contribution is 2.41. The Morgan fingerprint density at radius 3 is 2.72 bits per heavy atom. The number of nitrogens with zero attached hydrogens (tertiary/aromatic N) is 2. The number of carbonyl (C=O) groups is 1. The number of fused-ring (bicyclic) bond motifs is 1. The van der Waals surface area contributed by atoms with Gasteiger partial charge in [0.1, 0.15) is 17.9 Å². The van der Waals surface area contributed by atoms with E-state index in [1.165, 1.54) is 0 Å². The molecule has 1 heterocycles. The molecule has 4 heteroatoms. The average molecular weight is 334 g/mol. The van der Waals surface area contributed by atoms with Crippen molar-refractivity contribution in [3.05, 3.63) is 65.0 Å². The number of ketones is 1. The molecule has 2 aliphatic rings. The number of allylic oxidation sites excluding steroid dienone is 4. The second-order valence-corrected chi connectivity index (χ2v) is 6.28. The minimum atomic E-state index is -0.548. The topological polar surface area (TPSA) is 53.3 Å². The number of hydrogen-bond donors (Lipinski definition) is 0. The van der Waals surface area contributed by atoms with Gasteiger partial charge in [0.2, 0.25) is 0 Å². The van der Waals surface area contributed by atoms with Crippen LogP contribution in [0.15, 0.2) is 59.5 Å². The van der Waals surface area contributed by atoms with Crippen LogP contribution in [0.25, 0.3) is 5.57 Å². The summed E-state index contributed by atoms with van der Waals surface area (Å²) < 4.78 is 5.32. The maximum Gasteiger partial charge on any atom is 0.169 e. The van der Waals surface area contributed by atoms with E-state index in [4.69, 9.17) is 4.74 Å². The standard InChI is InChI=1S/C21H22N2O2/c1-3-4-10-23-14-16-11-19(24)20(25-2)12-17(16)21(18(23)13-22)15-8-6-5-7-9-15/h5-9,12,14,20H,3-4,10-11H2,1-2H3. The minimum Gasteiger partial charge on any atom is -0.370 e. The molecule has 0 bridgehead atoms. The third-order valence-electron chi connectivity index (χ3n) is 4.63. The number of ether oxygens (including phenoxy) is 1. The first-order chi connectivity index (χ1) is 12.2. The molecule has 4 nitrogen and oxygen atoms in total. The maximum absolute atomic E-state index is 12.3. The van der Waals surface area contributed by atoms with Gasteiger partial charge in [-0.2, -0.15) is 5.26 Å². The number of benzene rings is 1. The Morgan fingerprint density at radius 1 is 1.32 bits per heavy atom. The fourth-order valence-electron chi connectivity index (χ4n) is 3.34. The van der Waals surface area contributed by atoms with Crippen LogP contribution in [-0.4, -0.2) is 30.4 Å². The van der Waals surface area contributed by atoms with E-state index in [-0.39, 0.29) is 5.78 Å². The van der Waals surface area contributed by atoms with Gasteiger partial charge in [-0.1, -0.05) is 43.7 Å². The molecule has 1 unspecified atom stereocenters. The molecule has 0 spiro atoms. The predicted octanol–water partition coefficient (Wildman–Crippen LogP) is 3.84. The Bertz CT molecular complexity index is 797. The molecule has 1 aromatic carbocycles. The van der Waals surface area contributed by atoms with Crippen molar-refractivity contribution in [3.63, 3.8) is 0 Å². The molecule has 1 aliphatic carbocycles. The molecule has 25 heavy (non-hydrogen) atoms. The highest BCUT2D eigenvalue weighted by Gasteiger charge is 2.33. The zero-order valence-electron chi connectivity index (χ0n) is 14.7. The maximum atomic E-state index is 12.3. The largest absolute Gasteiger partial charge is 0.370 e. The van der Waals surface area contributed by atoms with E-state index in [9.17, 15) is 10.1 Å². The summed E-state index contributed by atoms with van der Waals surface area (Å²) >= 11 is 0. The molecule has 1 aliphatic heterocycles. The van der Waals surface area contributed by atoms with Crippen molar-refractivity contribution >= 4 is 11.4 Å². The number of Topliss-reactive ketones (excluding diaryl/α,β-unsaturated/α-hetero) is 1. The summed E-state index contributed by atoms with van der Waals surface area (Å²) in [5.41, 5.74) is 4.43. The van der Waals surface area contributed by atoms with E-state index in [2.05, 4.69) is 13.0 Å². The van der Waals surface area contributed by atoms with Crippen LogP contribution in [-0.2, 0) is 9.53 Å². The van der Waals surface area contributed by atoms with E-state index in [0.29, 0.717) is 12.1 Å². The number of nitriles is 1. The average Bonchev–Trinajstić information content (AvgIpc) is 2.65. The Kier molecular flexibility index (Phi) is 5.16. The first kappa shape index (κ1) is 17.2. The number of rotatable bonds is 5. The first-order valence-electron chi connectivity index (χ1n) is 8.64. The van der Waals surface area contributed by atoms with Gasteiger partial charge in [0, 0.05) is 31.8 Å². The molecule has 1 atom stereocenters. The van der Waals surface area contributed by atoms with Crippen molar-refractivity contribution < 1.29 is 9.53 Å². The highest BCUT2D eigenvalue weighted by molar-refractivity contribution is 5.98. The van der Waals surface area contributed by atoms with Gasteiger partial charge in [-0.05, 0) is 29.2 Å². The van der Waals surface area contributed by atoms with E-state index in [0.717, 1.165) is 41.7 Å². The monoisotopic (exact) mass is 334 g/mol. The summed E-state index contributed by atoms with van der Waals surface area (Å²) in [7, 11) is 1.54. The number of methoxy groups -OCH3 is 1. The zero-order valence-corrected chi connectivity index (χ0v) is 14.7. The summed E-state index contributed by atoms with van der Waals surface area (Å²) in [6, 6.07) is 12.3. The molecule has 0 radical (unpaired) electrons. The molecule has 0 fully saturated rings. The molecular weight excluding hydrogens is 312 g/mol. The molecule has 0 amide bonds. The lowest BCUT2D eigenvalue weighted by Gasteiger charge is -2.33. The lowest BCUT2D eigenvalue weighted by Crippen LogP contribution is -2.31. The summed E-state index contributed by atoms with van der Waals surface area (Å²) in [5.74, 6) is 0.0563. The molecule has 128 valence electrons. The lowest BCUT2D eigenvalue weighted by molar-refractivity contribution is -0.125. The molecule has 0 aromatic heterocycles.